The van der Waals surface area contributed by atoms with E-state index < -0.39 is 0 Å². The van der Waals surface area contributed by atoms with Gasteiger partial charge in [0.25, 0.3) is 0 Å². The molecule has 0 heterocycles. The van der Waals surface area contributed by atoms with Crippen LogP contribution in [-0.2, 0) is 6.42 Å². The lowest BCUT2D eigenvalue weighted by atomic mass is 10.1. The van der Waals surface area contributed by atoms with Gasteiger partial charge in [-0.15, -0.1) is 0 Å². The van der Waals surface area contributed by atoms with Gasteiger partial charge in [0.2, 0.25) is 0 Å². The van der Waals surface area contributed by atoms with E-state index in [1.54, 1.807) is 6.08 Å². The first-order valence-corrected chi connectivity index (χ1v) is 8.96. The number of carbonyl (C=O) groups excluding carboxylic acids is 1. The fourth-order valence-electron chi connectivity index (χ4n) is 2.65. The lowest BCUT2D eigenvalue weighted by Crippen LogP contribution is -2.01. The van der Waals surface area contributed by atoms with Crippen LogP contribution in [0.3, 0.4) is 0 Å². The Balaban J connectivity index is 1.50. The third-order valence-electron chi connectivity index (χ3n) is 4.24. The minimum atomic E-state index is 0.00977. The molecule has 0 atom stereocenters. The second-order valence-corrected chi connectivity index (χ2v) is 6.18. The number of ketones is 1. The summed E-state index contributed by atoms with van der Waals surface area (Å²) in [7, 11) is 0. The molecule has 0 spiro atoms. The average molecular weight is 354 g/mol. The van der Waals surface area contributed by atoms with Crippen molar-refractivity contribution >= 4 is 17.9 Å². The average Bonchev–Trinajstić information content (AvgIpc) is 2.74. The molecule has 0 fully saturated rings. The van der Waals surface area contributed by atoms with Gasteiger partial charge in [-0.25, -0.2) is 0 Å². The Bertz CT molecular complexity index is 905. The summed E-state index contributed by atoms with van der Waals surface area (Å²) in [5.41, 5.74) is 3.98. The molecule has 0 aromatic heterocycles. The minimum absolute atomic E-state index is 0.00977. The van der Waals surface area contributed by atoms with Gasteiger partial charge in [-0.2, -0.15) is 0 Å². The van der Waals surface area contributed by atoms with Crippen molar-refractivity contribution in [2.45, 2.75) is 6.42 Å². The quantitative estimate of drug-likeness (QED) is 0.375. The van der Waals surface area contributed by atoms with Crippen LogP contribution in [0.5, 0.6) is 5.75 Å². The molecule has 134 valence electrons. The molecule has 3 aromatic rings. The molecule has 3 aromatic carbocycles. The van der Waals surface area contributed by atoms with Crippen molar-refractivity contribution in [1.82, 2.24) is 0 Å². The lowest BCUT2D eigenvalue weighted by molar-refractivity contribution is 0.104. The summed E-state index contributed by atoms with van der Waals surface area (Å²) in [5, 5.41) is 0. The zero-order chi connectivity index (χ0) is 18.9. The maximum absolute atomic E-state index is 12.1. The fourth-order valence-corrected chi connectivity index (χ4v) is 2.65. The summed E-state index contributed by atoms with van der Waals surface area (Å²) in [6, 6.07) is 25.3. The van der Waals surface area contributed by atoms with Crippen LogP contribution >= 0.6 is 0 Å². The molecule has 0 N–H and O–H groups in total. The van der Waals surface area contributed by atoms with E-state index in [9.17, 15) is 4.79 Å². The number of ether oxygens (including phenoxy) is 1. The molecule has 0 radical (unpaired) electrons. The Kier molecular flexibility index (Phi) is 6.37. The van der Waals surface area contributed by atoms with Gasteiger partial charge >= 0.3 is 0 Å². The highest BCUT2D eigenvalue weighted by Gasteiger charge is 2.00. The Hall–Kier alpha value is -3.39. The topological polar surface area (TPSA) is 26.3 Å². The SMILES string of the molecule is C=Cc1ccc(OCCc2ccc(/C=C/C(=O)c3ccccc3)cc2)cc1. The van der Waals surface area contributed by atoms with Gasteiger partial charge in [0.05, 0.1) is 6.61 Å². The maximum Gasteiger partial charge on any atom is 0.185 e. The van der Waals surface area contributed by atoms with E-state index in [2.05, 4.69) is 18.7 Å². The number of benzene rings is 3. The van der Waals surface area contributed by atoms with Crippen molar-refractivity contribution in [3.8, 4) is 5.75 Å². The second kappa shape index (κ2) is 9.35. The fraction of sp³-hybridized carbons (Fsp3) is 0.0800. The number of carbonyl (C=O) groups is 1. The van der Waals surface area contributed by atoms with Crippen LogP contribution in [0.25, 0.3) is 12.2 Å². The predicted octanol–water partition coefficient (Wildman–Crippen LogP) is 5.85. The Morgan fingerprint density at radius 2 is 1.52 bits per heavy atom. The molecule has 0 aliphatic heterocycles. The third kappa shape index (κ3) is 5.55. The third-order valence-corrected chi connectivity index (χ3v) is 4.24. The first kappa shape index (κ1) is 18.4. The molecule has 0 unspecified atom stereocenters. The van der Waals surface area contributed by atoms with Gasteiger partial charge in [-0.3, -0.25) is 4.79 Å². The Morgan fingerprint density at radius 3 is 2.19 bits per heavy atom. The maximum atomic E-state index is 12.1. The highest BCUT2D eigenvalue weighted by atomic mass is 16.5. The van der Waals surface area contributed by atoms with Gasteiger partial charge in [-0.1, -0.05) is 85.5 Å². The molecule has 0 aliphatic rings. The number of hydrogen-bond acceptors (Lipinski definition) is 2. The monoisotopic (exact) mass is 354 g/mol. The largest absolute Gasteiger partial charge is 0.493 e. The standard InChI is InChI=1S/C25H22O2/c1-2-20-12-15-24(16-13-20)27-19-18-22-10-8-21(9-11-22)14-17-25(26)23-6-4-3-5-7-23/h2-17H,1,18-19H2/b17-14+. The molecule has 2 heteroatoms. The molecule has 0 amide bonds. The Morgan fingerprint density at radius 1 is 0.852 bits per heavy atom. The molecule has 0 bridgehead atoms. The molecule has 0 saturated carbocycles. The smallest absolute Gasteiger partial charge is 0.185 e. The van der Waals surface area contributed by atoms with Crippen LogP contribution in [0.1, 0.15) is 27.0 Å². The van der Waals surface area contributed by atoms with Crippen molar-refractivity contribution in [3.63, 3.8) is 0 Å². The lowest BCUT2D eigenvalue weighted by Gasteiger charge is -2.07. The minimum Gasteiger partial charge on any atom is -0.493 e. The van der Waals surface area contributed by atoms with Crippen LogP contribution in [0.15, 0.2) is 91.5 Å². The summed E-state index contributed by atoms with van der Waals surface area (Å²) in [4.78, 5) is 12.1. The normalized spacial score (nSPS) is 10.7. The molecular formula is C25H22O2. The van der Waals surface area contributed by atoms with E-state index in [1.807, 2.05) is 78.9 Å². The number of allylic oxidation sites excluding steroid dienone is 1. The Labute approximate surface area is 160 Å². The summed E-state index contributed by atoms with van der Waals surface area (Å²) >= 11 is 0. The molecule has 3 rings (SSSR count). The van der Waals surface area contributed by atoms with Crippen molar-refractivity contribution < 1.29 is 9.53 Å². The van der Waals surface area contributed by atoms with Crippen LogP contribution in [0.4, 0.5) is 0 Å². The first-order chi connectivity index (χ1) is 13.2. The number of hydrogen-bond donors (Lipinski definition) is 0. The molecule has 27 heavy (non-hydrogen) atoms. The molecule has 0 aliphatic carbocycles. The summed E-state index contributed by atoms with van der Waals surface area (Å²) in [5.74, 6) is 0.870. The van der Waals surface area contributed by atoms with Gasteiger partial charge in [0.1, 0.15) is 5.75 Å². The zero-order valence-corrected chi connectivity index (χ0v) is 15.2. The molecule has 2 nitrogen and oxygen atoms in total. The van der Waals surface area contributed by atoms with Crippen LogP contribution < -0.4 is 4.74 Å². The van der Waals surface area contributed by atoms with Gasteiger partial charge < -0.3 is 4.74 Å². The highest BCUT2D eigenvalue weighted by molar-refractivity contribution is 6.06. The van der Waals surface area contributed by atoms with E-state index in [4.69, 9.17) is 4.74 Å². The summed E-state index contributed by atoms with van der Waals surface area (Å²) in [6.45, 7) is 4.36. The number of rotatable bonds is 8. The van der Waals surface area contributed by atoms with Crippen LogP contribution in [0.2, 0.25) is 0 Å². The molecule has 0 saturated heterocycles. The molecular weight excluding hydrogens is 332 g/mol. The first-order valence-electron chi connectivity index (χ1n) is 8.96. The zero-order valence-electron chi connectivity index (χ0n) is 15.2. The van der Waals surface area contributed by atoms with E-state index in [0.29, 0.717) is 12.2 Å². The summed E-state index contributed by atoms with van der Waals surface area (Å²) in [6.07, 6.45) is 6.10. The summed E-state index contributed by atoms with van der Waals surface area (Å²) < 4.78 is 5.77. The van der Waals surface area contributed by atoms with Crippen molar-refractivity contribution in [1.29, 1.82) is 0 Å². The predicted molar refractivity (Wildman–Crippen MR) is 112 cm³/mol. The van der Waals surface area contributed by atoms with Crippen LogP contribution in [-0.4, -0.2) is 12.4 Å². The van der Waals surface area contributed by atoms with E-state index in [-0.39, 0.29) is 5.78 Å². The second-order valence-electron chi connectivity index (χ2n) is 6.18. The van der Waals surface area contributed by atoms with Gasteiger partial charge in [-0.05, 0) is 34.9 Å². The van der Waals surface area contributed by atoms with Gasteiger partial charge in [0.15, 0.2) is 5.78 Å². The van der Waals surface area contributed by atoms with Crippen molar-refractivity contribution in [2.75, 3.05) is 6.61 Å². The van der Waals surface area contributed by atoms with Gasteiger partial charge in [0, 0.05) is 12.0 Å². The van der Waals surface area contributed by atoms with Crippen molar-refractivity contribution in [3.05, 3.63) is 114 Å². The van der Waals surface area contributed by atoms with E-state index in [1.165, 1.54) is 5.56 Å². The van der Waals surface area contributed by atoms with E-state index in [0.717, 1.165) is 23.3 Å². The van der Waals surface area contributed by atoms with Crippen LogP contribution in [0, 0.1) is 0 Å². The van der Waals surface area contributed by atoms with E-state index >= 15 is 0 Å². The van der Waals surface area contributed by atoms with Crippen molar-refractivity contribution in [2.24, 2.45) is 0 Å². The highest BCUT2D eigenvalue weighted by Crippen LogP contribution is 2.14.